The van der Waals surface area contributed by atoms with E-state index < -0.39 is 0 Å². The average molecular weight is 1490 g/mol. The topological polar surface area (TPSA) is 240 Å². The van der Waals surface area contributed by atoms with Gasteiger partial charge in [0.2, 0.25) is 17.7 Å². The van der Waals surface area contributed by atoms with E-state index in [1.165, 1.54) is 22.3 Å². The first kappa shape index (κ1) is 81.5. The number of benzene rings is 10. The van der Waals surface area contributed by atoms with Gasteiger partial charge in [0.1, 0.15) is 0 Å². The van der Waals surface area contributed by atoms with Gasteiger partial charge in [0.25, 0.3) is 17.7 Å². The van der Waals surface area contributed by atoms with Gasteiger partial charge in [-0.2, -0.15) is 0 Å². The minimum absolute atomic E-state index is 0.00702. The van der Waals surface area contributed by atoms with Crippen LogP contribution in [0, 0.1) is 0 Å². The summed E-state index contributed by atoms with van der Waals surface area (Å²) < 4.78 is 0. The van der Waals surface area contributed by atoms with Crippen LogP contribution >= 0.6 is 0 Å². The highest BCUT2D eigenvalue weighted by atomic mass is 16.2. The lowest BCUT2D eigenvalue weighted by atomic mass is 9.90. The summed E-state index contributed by atoms with van der Waals surface area (Å²) in [6.45, 7) is 11.6. The Kier molecular flexibility index (Phi) is 30.5. The Labute approximate surface area is 655 Å². The highest BCUT2D eigenvalue weighted by Crippen LogP contribution is 2.29. The monoisotopic (exact) mass is 1490 g/mol. The molecule has 10 aromatic rings. The highest BCUT2D eigenvalue weighted by molar-refractivity contribution is 6.00. The van der Waals surface area contributed by atoms with Crippen LogP contribution in [-0.4, -0.2) is 184 Å². The quantitative estimate of drug-likeness (QED) is 0.0229. The molecule has 0 bridgehead atoms. The van der Waals surface area contributed by atoms with Crippen molar-refractivity contribution in [1.29, 1.82) is 0 Å². The molecule has 6 amide bonds. The summed E-state index contributed by atoms with van der Waals surface area (Å²) in [7, 11) is 4.06. The van der Waals surface area contributed by atoms with Gasteiger partial charge in [0.15, 0.2) is 0 Å². The molecule has 3 heterocycles. The van der Waals surface area contributed by atoms with Crippen LogP contribution in [-0.2, 0) is 14.4 Å². The molecule has 18 heteroatoms. The first-order chi connectivity index (χ1) is 54.1. The molecule has 10 N–H and O–H groups in total. The minimum atomic E-state index is -0.310. The van der Waals surface area contributed by atoms with Crippen molar-refractivity contribution in [3.05, 3.63) is 288 Å². The largest absolute Gasteiger partial charge is 0.350 e. The molecular weight excluding hydrogens is 1380 g/mol. The number of nitrogens with two attached hydrogens (primary N) is 2. The Morgan fingerprint density at radius 3 is 0.991 bits per heavy atom. The first-order valence-electron chi connectivity index (χ1n) is 39.8. The molecule has 0 saturated carbocycles. The van der Waals surface area contributed by atoms with Gasteiger partial charge >= 0.3 is 0 Å². The molecule has 0 aliphatic carbocycles. The van der Waals surface area contributed by atoms with Gasteiger partial charge in [-0.3, -0.25) is 28.8 Å². The highest BCUT2D eigenvalue weighted by Gasteiger charge is 2.36. The van der Waals surface area contributed by atoms with E-state index in [2.05, 4.69) is 123 Å². The van der Waals surface area contributed by atoms with Crippen molar-refractivity contribution in [2.24, 2.45) is 11.5 Å². The normalized spacial score (nSPS) is 18.7. The Morgan fingerprint density at radius 2 is 0.676 bits per heavy atom. The minimum Gasteiger partial charge on any atom is -0.350 e. The summed E-state index contributed by atoms with van der Waals surface area (Å²) in [5.74, 6) is 0.686. The average Bonchev–Trinajstić information content (AvgIpc) is 1.71. The maximum Gasteiger partial charge on any atom is 0.251 e. The van der Waals surface area contributed by atoms with Crippen LogP contribution in [0.1, 0.15) is 136 Å². The van der Waals surface area contributed by atoms with Gasteiger partial charge in [0.05, 0.1) is 18.1 Å². The van der Waals surface area contributed by atoms with E-state index in [0.717, 1.165) is 71.0 Å². The van der Waals surface area contributed by atoms with Gasteiger partial charge in [0, 0.05) is 99.6 Å². The molecule has 18 nitrogen and oxygen atoms in total. The number of fused-ring (bicyclic) bond motifs is 3. The molecule has 8 atom stereocenters. The molecule has 111 heavy (non-hydrogen) atoms. The predicted octanol–water partition coefficient (Wildman–Crippen LogP) is 12.3. The van der Waals surface area contributed by atoms with Gasteiger partial charge < -0.3 is 63.0 Å². The van der Waals surface area contributed by atoms with Crippen molar-refractivity contribution >= 4 is 67.8 Å². The number of nitrogens with zero attached hydrogens (tertiary/aromatic N) is 4. The van der Waals surface area contributed by atoms with E-state index >= 15 is 0 Å². The van der Waals surface area contributed by atoms with Crippen molar-refractivity contribution in [2.45, 2.75) is 119 Å². The summed E-state index contributed by atoms with van der Waals surface area (Å²) in [5.41, 5.74) is 18.3. The fraction of sp³-hybridized carbons (Fsp3) is 0.355. The van der Waals surface area contributed by atoms with Crippen LogP contribution < -0.4 is 43.4 Å². The van der Waals surface area contributed by atoms with Crippen molar-refractivity contribution in [3.8, 4) is 0 Å². The lowest BCUT2D eigenvalue weighted by Gasteiger charge is -2.29. The van der Waals surface area contributed by atoms with Crippen molar-refractivity contribution in [3.63, 3.8) is 0 Å². The number of hydrogen-bond donors (Lipinski definition) is 8. The van der Waals surface area contributed by atoms with Gasteiger partial charge in [-0.15, -0.1) is 0 Å². The number of nitrogens with one attached hydrogen (secondary N) is 6. The van der Waals surface area contributed by atoms with E-state index in [9.17, 15) is 28.8 Å². The summed E-state index contributed by atoms with van der Waals surface area (Å²) in [6, 6.07) is 82.0. The number of hydrogen-bond acceptors (Lipinski definition) is 12. The second-order valence-corrected chi connectivity index (χ2v) is 30.2. The lowest BCUT2D eigenvalue weighted by molar-refractivity contribution is -0.133. The van der Waals surface area contributed by atoms with Crippen molar-refractivity contribution in [2.75, 3.05) is 92.6 Å². The first-order valence-corrected chi connectivity index (χ1v) is 39.8. The molecule has 13 rings (SSSR count). The molecule has 0 unspecified atom stereocenters. The molecule has 0 spiro atoms. The number of rotatable bonds is 28. The molecule has 3 saturated heterocycles. The number of carbonyl (C=O) groups excluding carboxylic acids is 6. The maximum absolute atomic E-state index is 13.9. The second-order valence-electron chi connectivity index (χ2n) is 30.2. The van der Waals surface area contributed by atoms with Crippen molar-refractivity contribution < 1.29 is 28.8 Å². The number of carbonyl (C=O) groups is 6. The Balaban J connectivity index is 0.000000166. The zero-order valence-corrected chi connectivity index (χ0v) is 64.9. The van der Waals surface area contributed by atoms with Gasteiger partial charge in [-0.25, -0.2) is 0 Å². The molecule has 3 aliphatic rings. The third kappa shape index (κ3) is 23.6. The maximum atomic E-state index is 13.9. The Bertz CT molecular complexity index is 4410. The zero-order chi connectivity index (χ0) is 77.9. The van der Waals surface area contributed by atoms with Gasteiger partial charge in [-0.1, -0.05) is 226 Å². The van der Waals surface area contributed by atoms with Gasteiger partial charge in [-0.05, 0) is 188 Å². The van der Waals surface area contributed by atoms with E-state index in [4.69, 9.17) is 11.5 Å². The molecule has 3 aliphatic heterocycles. The van der Waals surface area contributed by atoms with Crippen LogP contribution in [0.15, 0.2) is 249 Å². The van der Waals surface area contributed by atoms with Crippen molar-refractivity contribution in [1.82, 2.24) is 51.5 Å². The Morgan fingerprint density at radius 1 is 0.387 bits per heavy atom. The SMILES string of the molecule is CN(C)CC[C@@H]1N[C@H](CNC(=O)c2ccc3ccccc3c2)CCN(CC(c2ccccc2)c2ccccc2)C1=O.C[C@@H](CN1CC[C@@H](CNC(=O)c2ccc3ccccc3c2)N[C@@H](CCCN)C1=O)c1ccccc1.C[C@H](CN1CC[C@@H](CNC(=O)c2ccc3ccccc3c2)N[C@@H](CCCN)C1=O)c1ccccc1. The summed E-state index contributed by atoms with van der Waals surface area (Å²) >= 11 is 0. The third-order valence-corrected chi connectivity index (χ3v) is 21.7. The Hall–Kier alpha value is -10.4. The summed E-state index contributed by atoms with van der Waals surface area (Å²) in [6.07, 6.45) is 5.98. The standard InChI is InChI=1S/C35H40N4O2.2C29H36N4O2/c1-38(2)21-20-33-35(41)39(25-32(27-12-5-3-6-13-27)28-14-7-4-8-15-28)22-19-31(37-33)24-36-34(40)30-18-17-26-11-9-10-16-29(26)23-30;2*1-21(22-8-3-2-4-9-22)20-33-17-15-26(32-27(29(33)35)12-7-16-30)19-31-28(34)25-14-13-23-10-5-6-11-24(23)18-25/h3-18,23,31-33,37H,19-22,24-25H2,1-2H3,(H,36,40);2*2-6,8-11,13-14,18,21,26-27,32H,7,12,15-17,19-20,30H2,1H3,(H,31,34)/t31-,33-;21-,26+,27+;21-,26-,27-/m010/s1. The molecular formula is C93H112N12O6. The molecule has 3 fully saturated rings. The van der Waals surface area contributed by atoms with Crippen LogP contribution in [0.4, 0.5) is 0 Å². The van der Waals surface area contributed by atoms with E-state index in [0.29, 0.717) is 108 Å². The van der Waals surface area contributed by atoms with E-state index in [-0.39, 0.29) is 89.4 Å². The number of amides is 6. The lowest BCUT2D eigenvalue weighted by Crippen LogP contribution is -2.50. The van der Waals surface area contributed by atoms with E-state index in [1.54, 1.807) is 0 Å². The summed E-state index contributed by atoms with van der Waals surface area (Å²) in [5, 5.41) is 26.4. The molecule has 10 aromatic carbocycles. The second kappa shape index (κ2) is 41.6. The molecule has 0 radical (unpaired) electrons. The smallest absolute Gasteiger partial charge is 0.251 e. The fourth-order valence-corrected chi connectivity index (χ4v) is 15.3. The predicted molar refractivity (Wildman–Crippen MR) is 449 cm³/mol. The van der Waals surface area contributed by atoms with Crippen LogP contribution in [0.25, 0.3) is 32.3 Å². The van der Waals surface area contributed by atoms with E-state index in [1.807, 2.05) is 205 Å². The summed E-state index contributed by atoms with van der Waals surface area (Å²) in [4.78, 5) is 87.6. The fourth-order valence-electron chi connectivity index (χ4n) is 15.3. The zero-order valence-electron chi connectivity index (χ0n) is 64.9. The molecule has 580 valence electrons. The molecule has 0 aromatic heterocycles. The third-order valence-electron chi connectivity index (χ3n) is 21.7. The van der Waals surface area contributed by atoms with Crippen LogP contribution in [0.2, 0.25) is 0 Å². The van der Waals surface area contributed by atoms with Crippen LogP contribution in [0.3, 0.4) is 0 Å². The van der Waals surface area contributed by atoms with Crippen LogP contribution in [0.5, 0.6) is 0 Å².